The molecule has 0 N–H and O–H groups in total. The number of ether oxygens (including phenoxy) is 1. The third-order valence-electron chi connectivity index (χ3n) is 5.41. The molecule has 2 heterocycles. The van der Waals surface area contributed by atoms with Gasteiger partial charge in [0.2, 0.25) is 5.88 Å². The monoisotopic (exact) mass is 515 g/mol. The van der Waals surface area contributed by atoms with Gasteiger partial charge in [-0.15, -0.1) is 22.7 Å². The Morgan fingerprint density at radius 2 is 2.00 bits per heavy atom. The van der Waals surface area contributed by atoms with Crippen molar-refractivity contribution in [3.63, 3.8) is 0 Å². The van der Waals surface area contributed by atoms with E-state index in [1.807, 2.05) is 13.8 Å². The van der Waals surface area contributed by atoms with Crippen molar-refractivity contribution in [3.05, 3.63) is 39.6 Å². The van der Waals surface area contributed by atoms with Gasteiger partial charge in [0.15, 0.2) is 4.34 Å². The van der Waals surface area contributed by atoms with Gasteiger partial charge in [0, 0.05) is 21.8 Å². The molecule has 0 radical (unpaired) electrons. The standard InChI is InChI=1S/C24H28F3NO2S3/c1-4-6-8-16(11-12-31-23-28-20(14-32-23)30-21(29)7-5-2)22-15(3)18-10-9-17(24(25,26)27)13-19(18)33-22/h9-10,13-14,16H,4-8,11-12H2,1-3H3. The van der Waals surface area contributed by atoms with Crippen LogP contribution in [0.1, 0.15) is 74.3 Å². The number of aryl methyl sites for hydroxylation is 1. The predicted molar refractivity (Wildman–Crippen MR) is 132 cm³/mol. The number of unbranched alkanes of at least 4 members (excludes halogenated alkanes) is 1. The molecule has 2 aromatic heterocycles. The molecule has 0 amide bonds. The molecule has 0 fully saturated rings. The van der Waals surface area contributed by atoms with E-state index in [-0.39, 0.29) is 5.97 Å². The van der Waals surface area contributed by atoms with Gasteiger partial charge in [0.05, 0.1) is 10.9 Å². The number of thiophene rings is 1. The Kier molecular flexibility index (Phi) is 9.24. The third-order valence-corrected chi connectivity index (χ3v) is 8.86. The lowest BCUT2D eigenvalue weighted by Gasteiger charge is -2.16. The molecular formula is C24H28F3NO2S3. The first-order valence-electron chi connectivity index (χ1n) is 11.1. The highest BCUT2D eigenvalue weighted by molar-refractivity contribution is 8.01. The fourth-order valence-electron chi connectivity index (χ4n) is 3.68. The topological polar surface area (TPSA) is 39.2 Å². The number of fused-ring (bicyclic) bond motifs is 1. The summed E-state index contributed by atoms with van der Waals surface area (Å²) in [4.78, 5) is 17.2. The molecule has 3 aromatic rings. The Labute approximate surface area is 204 Å². The van der Waals surface area contributed by atoms with E-state index in [2.05, 4.69) is 11.9 Å². The van der Waals surface area contributed by atoms with E-state index in [0.29, 0.717) is 22.9 Å². The molecule has 3 rings (SSSR count). The molecule has 1 aromatic carbocycles. The van der Waals surface area contributed by atoms with Crippen LogP contribution in [0.5, 0.6) is 5.88 Å². The quantitative estimate of drug-likeness (QED) is 0.189. The first-order chi connectivity index (χ1) is 15.7. The summed E-state index contributed by atoms with van der Waals surface area (Å²) in [5, 5.41) is 2.66. The molecule has 3 nitrogen and oxygen atoms in total. The van der Waals surface area contributed by atoms with E-state index < -0.39 is 11.7 Å². The molecule has 9 heteroatoms. The lowest BCUT2D eigenvalue weighted by atomic mass is 9.94. The number of rotatable bonds is 11. The second-order valence-electron chi connectivity index (χ2n) is 7.95. The van der Waals surface area contributed by atoms with Gasteiger partial charge in [-0.3, -0.25) is 4.79 Å². The summed E-state index contributed by atoms with van der Waals surface area (Å²) in [5.41, 5.74) is 0.497. The lowest BCUT2D eigenvalue weighted by molar-refractivity contribution is -0.137. The summed E-state index contributed by atoms with van der Waals surface area (Å²) in [6.07, 6.45) is 0.846. The number of alkyl halides is 3. The average molecular weight is 516 g/mol. The maximum absolute atomic E-state index is 13.2. The maximum Gasteiger partial charge on any atom is 0.416 e. The Balaban J connectivity index is 1.70. The van der Waals surface area contributed by atoms with Gasteiger partial charge in [-0.25, -0.2) is 0 Å². The number of benzene rings is 1. The Morgan fingerprint density at radius 3 is 2.70 bits per heavy atom. The molecule has 0 saturated carbocycles. The molecule has 0 aliphatic carbocycles. The van der Waals surface area contributed by atoms with Gasteiger partial charge >= 0.3 is 12.1 Å². The number of thiazole rings is 1. The van der Waals surface area contributed by atoms with E-state index in [0.717, 1.165) is 53.1 Å². The largest absolute Gasteiger partial charge is 0.416 e. The maximum atomic E-state index is 13.2. The molecule has 0 spiro atoms. The molecule has 1 unspecified atom stereocenters. The van der Waals surface area contributed by atoms with Gasteiger partial charge in [0.1, 0.15) is 0 Å². The zero-order valence-corrected chi connectivity index (χ0v) is 21.4. The molecule has 0 bridgehead atoms. The zero-order valence-electron chi connectivity index (χ0n) is 19.0. The van der Waals surface area contributed by atoms with Gasteiger partial charge in [-0.05, 0) is 55.2 Å². The molecule has 0 saturated heterocycles. The molecule has 180 valence electrons. The predicted octanol–water partition coefficient (Wildman–Crippen LogP) is 8.85. The summed E-state index contributed by atoms with van der Waals surface area (Å²) in [6, 6.07) is 4.06. The highest BCUT2D eigenvalue weighted by Gasteiger charge is 2.31. The smallest absolute Gasteiger partial charge is 0.406 e. The first kappa shape index (κ1) is 26.0. The van der Waals surface area contributed by atoms with Crippen molar-refractivity contribution in [3.8, 4) is 5.88 Å². The number of esters is 1. The van der Waals surface area contributed by atoms with Crippen molar-refractivity contribution in [1.82, 2.24) is 4.98 Å². The number of nitrogens with zero attached hydrogens (tertiary/aromatic N) is 1. The van der Waals surface area contributed by atoms with E-state index in [4.69, 9.17) is 4.74 Å². The summed E-state index contributed by atoms with van der Waals surface area (Å²) >= 11 is 4.58. The Hall–Kier alpha value is -1.58. The molecule has 33 heavy (non-hydrogen) atoms. The summed E-state index contributed by atoms with van der Waals surface area (Å²) < 4.78 is 46.3. The number of carbonyl (C=O) groups excluding carboxylic acids is 1. The number of hydrogen-bond acceptors (Lipinski definition) is 6. The van der Waals surface area contributed by atoms with Crippen LogP contribution in [0.4, 0.5) is 13.2 Å². The van der Waals surface area contributed by atoms with Crippen molar-refractivity contribution >= 4 is 50.5 Å². The van der Waals surface area contributed by atoms with Crippen LogP contribution in [0.3, 0.4) is 0 Å². The Morgan fingerprint density at radius 1 is 1.21 bits per heavy atom. The van der Waals surface area contributed by atoms with Crippen LogP contribution < -0.4 is 4.74 Å². The van der Waals surface area contributed by atoms with Gasteiger partial charge in [-0.1, -0.05) is 44.5 Å². The molecule has 0 aliphatic heterocycles. The third kappa shape index (κ3) is 6.96. The van der Waals surface area contributed by atoms with Crippen molar-refractivity contribution in [1.29, 1.82) is 0 Å². The minimum atomic E-state index is -4.33. The number of halogens is 3. The first-order valence-corrected chi connectivity index (χ1v) is 13.8. The van der Waals surface area contributed by atoms with Crippen molar-refractivity contribution in [2.24, 2.45) is 0 Å². The van der Waals surface area contributed by atoms with Crippen LogP contribution in [-0.2, 0) is 11.0 Å². The number of thioether (sulfide) groups is 1. The minimum absolute atomic E-state index is 0.270. The van der Waals surface area contributed by atoms with E-state index in [9.17, 15) is 18.0 Å². The van der Waals surface area contributed by atoms with Crippen LogP contribution in [0.2, 0.25) is 0 Å². The second kappa shape index (κ2) is 11.7. The Bertz CT molecular complexity index is 1070. The SMILES string of the molecule is CCCCC(CCSc1nc(OC(=O)CCC)cs1)c1sc2cc(C(F)(F)F)ccc2c1C. The van der Waals surface area contributed by atoms with Gasteiger partial charge in [0.25, 0.3) is 0 Å². The highest BCUT2D eigenvalue weighted by atomic mass is 32.2. The fraction of sp³-hybridized carbons (Fsp3) is 0.500. The normalized spacial score (nSPS) is 12.9. The van der Waals surface area contributed by atoms with Crippen LogP contribution in [0, 0.1) is 6.92 Å². The number of hydrogen-bond donors (Lipinski definition) is 0. The summed E-state index contributed by atoms with van der Waals surface area (Å²) in [7, 11) is 0. The van der Waals surface area contributed by atoms with E-state index >= 15 is 0 Å². The van der Waals surface area contributed by atoms with E-state index in [1.165, 1.54) is 39.7 Å². The van der Waals surface area contributed by atoms with Gasteiger partial charge < -0.3 is 4.74 Å². The van der Waals surface area contributed by atoms with Crippen molar-refractivity contribution in [2.45, 2.75) is 75.7 Å². The fourth-order valence-corrected chi connectivity index (χ4v) is 6.95. The average Bonchev–Trinajstić information content (AvgIpc) is 3.34. The van der Waals surface area contributed by atoms with Crippen molar-refractivity contribution in [2.75, 3.05) is 5.75 Å². The second-order valence-corrected chi connectivity index (χ2v) is 11.2. The molecular weight excluding hydrogens is 487 g/mol. The highest BCUT2D eigenvalue weighted by Crippen LogP contribution is 2.42. The van der Waals surface area contributed by atoms with E-state index in [1.54, 1.807) is 23.2 Å². The molecule has 1 atom stereocenters. The van der Waals surface area contributed by atoms with Crippen LogP contribution in [0.15, 0.2) is 27.9 Å². The number of aromatic nitrogens is 1. The van der Waals surface area contributed by atoms with Crippen molar-refractivity contribution < 1.29 is 22.7 Å². The lowest BCUT2D eigenvalue weighted by Crippen LogP contribution is -2.06. The van der Waals surface area contributed by atoms with Gasteiger partial charge in [-0.2, -0.15) is 18.2 Å². The molecule has 0 aliphatic rings. The van der Waals surface area contributed by atoms with Crippen LogP contribution >= 0.6 is 34.4 Å². The number of carbonyl (C=O) groups is 1. The van der Waals surface area contributed by atoms with Crippen LogP contribution in [0.25, 0.3) is 10.1 Å². The summed E-state index contributed by atoms with van der Waals surface area (Å²) in [5.74, 6) is 1.22. The zero-order chi connectivity index (χ0) is 24.0. The summed E-state index contributed by atoms with van der Waals surface area (Å²) in [6.45, 7) is 6.09. The van der Waals surface area contributed by atoms with Crippen LogP contribution in [-0.4, -0.2) is 16.7 Å². The minimum Gasteiger partial charge on any atom is -0.406 e.